The second kappa shape index (κ2) is 4.36. The first kappa shape index (κ1) is 9.40. The van der Waals surface area contributed by atoms with Crippen molar-refractivity contribution in [3.63, 3.8) is 0 Å². The summed E-state index contributed by atoms with van der Waals surface area (Å²) in [5.41, 5.74) is -0.143. The van der Waals surface area contributed by atoms with Gasteiger partial charge in [-0.1, -0.05) is 0 Å². The summed E-state index contributed by atoms with van der Waals surface area (Å²) in [4.78, 5) is 18.0. The summed E-state index contributed by atoms with van der Waals surface area (Å²) in [7, 11) is 0. The van der Waals surface area contributed by atoms with Crippen LogP contribution < -0.4 is 5.32 Å². The van der Waals surface area contributed by atoms with Gasteiger partial charge in [-0.15, -0.1) is 0 Å². The lowest BCUT2D eigenvalue weighted by molar-refractivity contribution is 0.0691. The third-order valence-corrected chi connectivity index (χ3v) is 1.31. The number of aromatic carboxylic acids is 1. The minimum Gasteiger partial charge on any atom is -0.476 e. The van der Waals surface area contributed by atoms with Gasteiger partial charge in [0.1, 0.15) is 0 Å². The summed E-state index contributed by atoms with van der Waals surface area (Å²) < 4.78 is 0. The zero-order chi connectivity index (χ0) is 9.68. The quantitative estimate of drug-likeness (QED) is 0.586. The van der Waals surface area contributed by atoms with Crippen molar-refractivity contribution in [3.05, 3.63) is 18.1 Å². The standard InChI is InChI=1S/C7H9N3O3/c11-4-3-10-6-5(7(12)13)8-1-2-9-6/h1-2,11H,3-4H2,(H,9,10)(H,12,13). The smallest absolute Gasteiger partial charge is 0.358 e. The molecule has 1 rings (SSSR count). The number of nitrogens with one attached hydrogen (secondary N) is 1. The van der Waals surface area contributed by atoms with E-state index in [0.29, 0.717) is 0 Å². The van der Waals surface area contributed by atoms with Crippen molar-refractivity contribution in [2.24, 2.45) is 0 Å². The monoisotopic (exact) mass is 183 g/mol. The summed E-state index contributed by atoms with van der Waals surface area (Å²) in [5.74, 6) is -0.974. The molecule has 0 aromatic carbocycles. The molecule has 0 saturated carbocycles. The number of carboxylic acids is 1. The SMILES string of the molecule is O=C(O)c1nccnc1NCCO. The van der Waals surface area contributed by atoms with Gasteiger partial charge in [-0.25, -0.2) is 14.8 Å². The largest absolute Gasteiger partial charge is 0.476 e. The highest BCUT2D eigenvalue weighted by atomic mass is 16.4. The van der Waals surface area contributed by atoms with E-state index in [1.807, 2.05) is 0 Å². The van der Waals surface area contributed by atoms with Crippen molar-refractivity contribution in [2.75, 3.05) is 18.5 Å². The molecule has 1 aromatic heterocycles. The molecule has 3 N–H and O–H groups in total. The molecule has 13 heavy (non-hydrogen) atoms. The van der Waals surface area contributed by atoms with Gasteiger partial charge in [-0.05, 0) is 0 Å². The van der Waals surface area contributed by atoms with Crippen LogP contribution in [0.15, 0.2) is 12.4 Å². The van der Waals surface area contributed by atoms with Crippen molar-refractivity contribution >= 4 is 11.8 Å². The van der Waals surface area contributed by atoms with Gasteiger partial charge in [0.05, 0.1) is 6.61 Å². The van der Waals surface area contributed by atoms with Crippen molar-refractivity contribution in [3.8, 4) is 0 Å². The third-order valence-electron chi connectivity index (χ3n) is 1.31. The Morgan fingerprint density at radius 2 is 2.15 bits per heavy atom. The molecule has 0 aliphatic carbocycles. The van der Waals surface area contributed by atoms with E-state index in [-0.39, 0.29) is 24.7 Å². The lowest BCUT2D eigenvalue weighted by Crippen LogP contribution is -2.12. The van der Waals surface area contributed by atoms with Gasteiger partial charge in [-0.3, -0.25) is 0 Å². The van der Waals surface area contributed by atoms with Crippen molar-refractivity contribution < 1.29 is 15.0 Å². The van der Waals surface area contributed by atoms with Gasteiger partial charge in [0, 0.05) is 18.9 Å². The molecule has 0 amide bonds. The van der Waals surface area contributed by atoms with E-state index in [2.05, 4.69) is 15.3 Å². The van der Waals surface area contributed by atoms with Crippen LogP contribution in [0.5, 0.6) is 0 Å². The number of carbonyl (C=O) groups is 1. The van der Waals surface area contributed by atoms with E-state index in [1.54, 1.807) is 0 Å². The van der Waals surface area contributed by atoms with Gasteiger partial charge in [0.2, 0.25) is 0 Å². The zero-order valence-electron chi connectivity index (χ0n) is 6.77. The van der Waals surface area contributed by atoms with Crippen LogP contribution in [0.25, 0.3) is 0 Å². The maximum Gasteiger partial charge on any atom is 0.358 e. The van der Waals surface area contributed by atoms with Crippen LogP contribution in [0.2, 0.25) is 0 Å². The number of hydrogen-bond acceptors (Lipinski definition) is 5. The Hall–Kier alpha value is -1.69. The van der Waals surface area contributed by atoms with Gasteiger partial charge < -0.3 is 15.5 Å². The Labute approximate surface area is 74.3 Å². The number of anilines is 1. The Balaban J connectivity index is 2.84. The van der Waals surface area contributed by atoms with Crippen LogP contribution in [0.3, 0.4) is 0 Å². The van der Waals surface area contributed by atoms with Gasteiger partial charge >= 0.3 is 5.97 Å². The molecule has 0 atom stereocenters. The Morgan fingerprint density at radius 1 is 1.46 bits per heavy atom. The van der Waals surface area contributed by atoms with Crippen LogP contribution in [0.4, 0.5) is 5.82 Å². The minimum atomic E-state index is -1.14. The molecule has 6 heteroatoms. The molecule has 0 radical (unpaired) electrons. The number of aliphatic hydroxyl groups excluding tert-OH is 1. The summed E-state index contributed by atoms with van der Waals surface area (Å²) >= 11 is 0. The van der Waals surface area contributed by atoms with E-state index in [1.165, 1.54) is 12.4 Å². The molecule has 0 fully saturated rings. The lowest BCUT2D eigenvalue weighted by Gasteiger charge is -2.04. The summed E-state index contributed by atoms with van der Waals surface area (Å²) in [6.07, 6.45) is 2.68. The summed E-state index contributed by atoms with van der Waals surface area (Å²) in [6.45, 7) is 0.161. The molecule has 0 saturated heterocycles. The first-order chi connectivity index (χ1) is 6.25. The van der Waals surface area contributed by atoms with Crippen molar-refractivity contribution in [1.82, 2.24) is 9.97 Å². The van der Waals surface area contributed by atoms with E-state index in [4.69, 9.17) is 10.2 Å². The second-order valence-corrected chi connectivity index (χ2v) is 2.21. The molecular weight excluding hydrogens is 174 g/mol. The molecule has 1 aromatic rings. The summed E-state index contributed by atoms with van der Waals surface area (Å²) in [5, 5.41) is 19.8. The topological polar surface area (TPSA) is 95.3 Å². The molecular formula is C7H9N3O3. The van der Waals surface area contributed by atoms with Gasteiger partial charge in [-0.2, -0.15) is 0 Å². The Morgan fingerprint density at radius 3 is 2.77 bits per heavy atom. The number of carboxylic acid groups (broad SMARTS) is 1. The van der Waals surface area contributed by atoms with E-state index >= 15 is 0 Å². The zero-order valence-corrected chi connectivity index (χ0v) is 6.77. The fourth-order valence-electron chi connectivity index (χ4n) is 0.798. The van der Waals surface area contributed by atoms with Crippen molar-refractivity contribution in [2.45, 2.75) is 0 Å². The molecule has 0 bridgehead atoms. The Kier molecular flexibility index (Phi) is 3.15. The predicted octanol–water partition coefficient (Wildman–Crippen LogP) is -0.421. The molecule has 0 unspecified atom stereocenters. The predicted molar refractivity (Wildman–Crippen MR) is 44.6 cm³/mol. The van der Waals surface area contributed by atoms with Crippen LogP contribution in [-0.2, 0) is 0 Å². The second-order valence-electron chi connectivity index (χ2n) is 2.21. The maximum atomic E-state index is 10.6. The number of aliphatic hydroxyl groups is 1. The molecule has 0 aliphatic heterocycles. The average molecular weight is 183 g/mol. The summed E-state index contributed by atoms with van der Waals surface area (Å²) in [6, 6.07) is 0. The normalized spacial score (nSPS) is 9.62. The Bertz CT molecular complexity index is 303. The third kappa shape index (κ3) is 2.38. The van der Waals surface area contributed by atoms with Crippen LogP contribution in [-0.4, -0.2) is 39.3 Å². The maximum absolute atomic E-state index is 10.6. The fraction of sp³-hybridized carbons (Fsp3) is 0.286. The molecule has 70 valence electrons. The van der Waals surface area contributed by atoms with Crippen LogP contribution >= 0.6 is 0 Å². The highest BCUT2D eigenvalue weighted by Gasteiger charge is 2.11. The molecule has 1 heterocycles. The highest BCUT2D eigenvalue weighted by molar-refractivity contribution is 5.90. The van der Waals surface area contributed by atoms with E-state index in [9.17, 15) is 4.79 Å². The first-order valence-electron chi connectivity index (χ1n) is 3.64. The molecule has 0 spiro atoms. The average Bonchev–Trinajstić information content (AvgIpc) is 2.15. The number of hydrogen-bond donors (Lipinski definition) is 3. The molecule has 0 aliphatic rings. The number of rotatable bonds is 4. The first-order valence-corrected chi connectivity index (χ1v) is 3.64. The van der Waals surface area contributed by atoms with Gasteiger partial charge in [0.25, 0.3) is 0 Å². The number of nitrogens with zero attached hydrogens (tertiary/aromatic N) is 2. The lowest BCUT2D eigenvalue weighted by atomic mass is 10.4. The van der Waals surface area contributed by atoms with Crippen LogP contribution in [0, 0.1) is 0 Å². The minimum absolute atomic E-state index is 0.0877. The van der Waals surface area contributed by atoms with Crippen molar-refractivity contribution in [1.29, 1.82) is 0 Å². The van der Waals surface area contributed by atoms with E-state index < -0.39 is 5.97 Å². The molecule has 6 nitrogen and oxygen atoms in total. The van der Waals surface area contributed by atoms with Gasteiger partial charge in [0.15, 0.2) is 11.5 Å². The van der Waals surface area contributed by atoms with E-state index in [0.717, 1.165) is 0 Å². The fourth-order valence-corrected chi connectivity index (χ4v) is 0.798. The van der Waals surface area contributed by atoms with Crippen LogP contribution in [0.1, 0.15) is 10.5 Å². The highest BCUT2D eigenvalue weighted by Crippen LogP contribution is 2.06. The number of aromatic nitrogens is 2.